The van der Waals surface area contributed by atoms with Crippen molar-refractivity contribution in [2.75, 3.05) is 6.54 Å². The summed E-state index contributed by atoms with van der Waals surface area (Å²) in [6.45, 7) is 6.87. The Bertz CT molecular complexity index is 444. The van der Waals surface area contributed by atoms with Crippen molar-refractivity contribution in [3.8, 4) is 0 Å². The van der Waals surface area contributed by atoms with Gasteiger partial charge in [0.05, 0.1) is 0 Å². The van der Waals surface area contributed by atoms with E-state index in [0.717, 1.165) is 13.0 Å². The summed E-state index contributed by atoms with van der Waals surface area (Å²) in [6, 6.07) is 8.35. The number of benzene rings is 1. The lowest BCUT2D eigenvalue weighted by molar-refractivity contribution is -0.142. The van der Waals surface area contributed by atoms with Crippen LogP contribution in [0.1, 0.15) is 37.3 Å². The predicted molar refractivity (Wildman–Crippen MR) is 71.8 cm³/mol. The van der Waals surface area contributed by atoms with Crippen LogP contribution in [0.2, 0.25) is 0 Å². The minimum Gasteiger partial charge on any atom is -0.480 e. The van der Waals surface area contributed by atoms with Crippen LogP contribution in [0.5, 0.6) is 0 Å². The van der Waals surface area contributed by atoms with Crippen molar-refractivity contribution < 1.29 is 9.90 Å². The topological polar surface area (TPSA) is 40.5 Å². The van der Waals surface area contributed by atoms with Crippen LogP contribution < -0.4 is 0 Å². The molecule has 2 rings (SSSR count). The van der Waals surface area contributed by atoms with Crippen LogP contribution in [0.4, 0.5) is 0 Å². The highest BCUT2D eigenvalue weighted by Gasteiger charge is 2.35. The number of hydrogen-bond acceptors (Lipinski definition) is 2. The van der Waals surface area contributed by atoms with Crippen LogP contribution in [0, 0.1) is 6.92 Å². The number of carbonyl (C=O) groups is 1. The van der Waals surface area contributed by atoms with E-state index in [9.17, 15) is 4.79 Å². The van der Waals surface area contributed by atoms with Gasteiger partial charge in [-0.1, -0.05) is 24.3 Å². The van der Waals surface area contributed by atoms with E-state index in [1.807, 2.05) is 0 Å². The van der Waals surface area contributed by atoms with E-state index in [1.165, 1.54) is 11.1 Å². The van der Waals surface area contributed by atoms with E-state index in [-0.39, 0.29) is 0 Å². The Hall–Kier alpha value is -1.35. The monoisotopic (exact) mass is 247 g/mol. The van der Waals surface area contributed by atoms with E-state index in [0.29, 0.717) is 12.0 Å². The minimum atomic E-state index is -0.729. The zero-order chi connectivity index (χ0) is 13.3. The largest absolute Gasteiger partial charge is 0.480 e. The van der Waals surface area contributed by atoms with Crippen LogP contribution in [0.15, 0.2) is 24.3 Å². The molecule has 1 aliphatic heterocycles. The van der Waals surface area contributed by atoms with Gasteiger partial charge in [0.25, 0.3) is 0 Å². The van der Waals surface area contributed by atoms with Crippen LogP contribution in [-0.4, -0.2) is 34.6 Å². The second kappa shape index (κ2) is 5.11. The molecule has 1 aliphatic rings. The van der Waals surface area contributed by atoms with E-state index in [4.69, 9.17) is 5.11 Å². The average molecular weight is 247 g/mol. The fourth-order valence-corrected chi connectivity index (χ4v) is 3.01. The molecule has 98 valence electrons. The van der Waals surface area contributed by atoms with Gasteiger partial charge < -0.3 is 5.11 Å². The number of likely N-dealkylation sites (tertiary alicyclic amines) is 1. The zero-order valence-electron chi connectivity index (χ0n) is 11.3. The lowest BCUT2D eigenvalue weighted by Crippen LogP contribution is -2.41. The van der Waals surface area contributed by atoms with Crippen molar-refractivity contribution in [1.82, 2.24) is 4.90 Å². The molecule has 0 aliphatic carbocycles. The standard InChI is InChI=1S/C15H21NO2/c1-10-6-4-5-7-14(10)13-8-11(2)16(9-13)12(3)15(17)18/h4-7,11-13H,8-9H2,1-3H3,(H,17,18)/t11-,12-,13-/m1/s1. The summed E-state index contributed by atoms with van der Waals surface area (Å²) in [6.07, 6.45) is 1.04. The van der Waals surface area contributed by atoms with Gasteiger partial charge in [-0.2, -0.15) is 0 Å². The summed E-state index contributed by atoms with van der Waals surface area (Å²) >= 11 is 0. The minimum absolute atomic E-state index is 0.334. The first kappa shape index (κ1) is 13.1. The first-order valence-corrected chi connectivity index (χ1v) is 6.54. The molecule has 0 saturated carbocycles. The molecule has 0 bridgehead atoms. The molecule has 1 N–H and O–H groups in total. The fraction of sp³-hybridized carbons (Fsp3) is 0.533. The van der Waals surface area contributed by atoms with Gasteiger partial charge >= 0.3 is 5.97 Å². The SMILES string of the molecule is Cc1ccccc1[C@@H]1C[C@@H](C)N([C@H](C)C(=O)O)C1. The molecule has 0 unspecified atom stereocenters. The molecule has 1 saturated heterocycles. The summed E-state index contributed by atoms with van der Waals surface area (Å²) in [5, 5.41) is 9.13. The summed E-state index contributed by atoms with van der Waals surface area (Å²) in [4.78, 5) is 13.2. The molecular weight excluding hydrogens is 226 g/mol. The van der Waals surface area contributed by atoms with Gasteiger partial charge in [-0.15, -0.1) is 0 Å². The molecule has 0 spiro atoms. The van der Waals surface area contributed by atoms with Gasteiger partial charge in [0.1, 0.15) is 6.04 Å². The van der Waals surface area contributed by atoms with Gasteiger partial charge in [0.15, 0.2) is 0 Å². The molecular formula is C15H21NO2. The molecule has 0 amide bonds. The number of hydrogen-bond donors (Lipinski definition) is 1. The predicted octanol–water partition coefficient (Wildman–Crippen LogP) is 2.65. The maximum Gasteiger partial charge on any atom is 0.320 e. The molecule has 1 heterocycles. The first-order chi connectivity index (χ1) is 8.50. The maximum absolute atomic E-state index is 11.1. The highest BCUT2D eigenvalue weighted by Crippen LogP contribution is 2.34. The molecule has 3 atom stereocenters. The molecule has 0 radical (unpaired) electrons. The number of aliphatic carboxylic acids is 1. The maximum atomic E-state index is 11.1. The van der Waals surface area contributed by atoms with Crippen LogP contribution in [0.25, 0.3) is 0 Å². The van der Waals surface area contributed by atoms with E-state index >= 15 is 0 Å². The third kappa shape index (κ3) is 2.41. The Balaban J connectivity index is 2.16. The number of aryl methyl sites for hydroxylation is 1. The lowest BCUT2D eigenvalue weighted by Gasteiger charge is -2.25. The van der Waals surface area contributed by atoms with Crippen LogP contribution >= 0.6 is 0 Å². The number of rotatable bonds is 3. The van der Waals surface area contributed by atoms with Gasteiger partial charge in [0, 0.05) is 12.6 Å². The van der Waals surface area contributed by atoms with E-state index < -0.39 is 12.0 Å². The van der Waals surface area contributed by atoms with Crippen LogP contribution in [-0.2, 0) is 4.79 Å². The third-order valence-electron chi connectivity index (χ3n) is 4.11. The number of carboxylic acids is 1. The summed E-state index contributed by atoms with van der Waals surface area (Å²) < 4.78 is 0. The van der Waals surface area contributed by atoms with Crippen molar-refractivity contribution >= 4 is 5.97 Å². The highest BCUT2D eigenvalue weighted by atomic mass is 16.4. The Morgan fingerprint density at radius 2 is 2.11 bits per heavy atom. The normalized spacial score (nSPS) is 26.2. The second-order valence-electron chi connectivity index (χ2n) is 5.35. The highest BCUT2D eigenvalue weighted by molar-refractivity contribution is 5.73. The summed E-state index contributed by atoms with van der Waals surface area (Å²) in [5.74, 6) is -0.268. The molecule has 3 nitrogen and oxygen atoms in total. The summed E-state index contributed by atoms with van der Waals surface area (Å²) in [5.41, 5.74) is 2.67. The van der Waals surface area contributed by atoms with E-state index in [1.54, 1.807) is 6.92 Å². The van der Waals surface area contributed by atoms with Crippen molar-refractivity contribution in [3.63, 3.8) is 0 Å². The van der Waals surface area contributed by atoms with Crippen molar-refractivity contribution in [1.29, 1.82) is 0 Å². The Kier molecular flexibility index (Phi) is 3.71. The molecule has 1 aromatic rings. The quantitative estimate of drug-likeness (QED) is 0.892. The van der Waals surface area contributed by atoms with E-state index in [2.05, 4.69) is 43.0 Å². The smallest absolute Gasteiger partial charge is 0.320 e. The van der Waals surface area contributed by atoms with Gasteiger partial charge in [-0.05, 0) is 44.2 Å². The first-order valence-electron chi connectivity index (χ1n) is 6.54. The van der Waals surface area contributed by atoms with Crippen LogP contribution in [0.3, 0.4) is 0 Å². The Labute approximate surface area is 108 Å². The Morgan fingerprint density at radius 3 is 2.72 bits per heavy atom. The van der Waals surface area contributed by atoms with Gasteiger partial charge in [-0.3, -0.25) is 9.69 Å². The molecule has 18 heavy (non-hydrogen) atoms. The van der Waals surface area contributed by atoms with Crippen molar-refractivity contribution in [2.24, 2.45) is 0 Å². The lowest BCUT2D eigenvalue weighted by atomic mass is 9.93. The second-order valence-corrected chi connectivity index (χ2v) is 5.35. The zero-order valence-corrected chi connectivity index (χ0v) is 11.3. The van der Waals surface area contributed by atoms with Crippen molar-refractivity contribution in [2.45, 2.75) is 45.2 Å². The average Bonchev–Trinajstić information content (AvgIpc) is 2.70. The number of carboxylic acid groups (broad SMARTS) is 1. The molecule has 1 fully saturated rings. The molecule has 3 heteroatoms. The van der Waals surface area contributed by atoms with Gasteiger partial charge in [0.2, 0.25) is 0 Å². The summed E-state index contributed by atoms with van der Waals surface area (Å²) in [7, 11) is 0. The fourth-order valence-electron chi connectivity index (χ4n) is 3.01. The Morgan fingerprint density at radius 1 is 1.44 bits per heavy atom. The molecule has 0 aromatic heterocycles. The third-order valence-corrected chi connectivity index (χ3v) is 4.11. The van der Waals surface area contributed by atoms with Gasteiger partial charge in [-0.25, -0.2) is 0 Å². The molecule has 1 aromatic carbocycles. The number of nitrogens with zero attached hydrogens (tertiary/aromatic N) is 1. The van der Waals surface area contributed by atoms with Crippen molar-refractivity contribution in [3.05, 3.63) is 35.4 Å².